The molecule has 27 N–H and O–H groups in total. The molecule has 0 bridgehead atoms. The first-order valence-electron chi connectivity index (χ1n) is 31.8. The first-order valence-corrected chi connectivity index (χ1v) is 31.8. The summed E-state index contributed by atoms with van der Waals surface area (Å²) in [6, 6.07) is 1.03. The smallest absolute Gasteiger partial charge is 0.490 e. The molecule has 0 saturated heterocycles. The average Bonchev–Trinajstić information content (AvgIpc) is 0.857. The van der Waals surface area contributed by atoms with Gasteiger partial charge in [-0.05, 0) is 99.1 Å². The summed E-state index contributed by atoms with van der Waals surface area (Å²) < 4.78 is 95.2. The van der Waals surface area contributed by atoms with E-state index in [0.717, 1.165) is 0 Å². The molecule has 0 unspecified atom stereocenters. The number of carbonyl (C=O) groups is 13. The molecule has 0 saturated carbocycles. The zero-order chi connectivity index (χ0) is 81.2. The van der Waals surface area contributed by atoms with Crippen molar-refractivity contribution in [2.24, 2.45) is 55.3 Å². The maximum atomic E-state index is 14.8. The number of guanidine groups is 3. The minimum atomic E-state index is -5.08. The highest BCUT2D eigenvalue weighted by Crippen LogP contribution is 2.18. The van der Waals surface area contributed by atoms with Crippen molar-refractivity contribution >= 4 is 95.0 Å². The number of nitrogens with two attached hydrogens (primary N) is 6. The number of rotatable bonds is 23. The summed E-state index contributed by atoms with van der Waals surface area (Å²) >= 11 is 0. The molecule has 1 heterocycles. The third-order valence-electron chi connectivity index (χ3n) is 13.6. The van der Waals surface area contributed by atoms with E-state index in [2.05, 4.69) is 68.1 Å². The second-order valence-corrected chi connectivity index (χ2v) is 23.0. The van der Waals surface area contributed by atoms with Gasteiger partial charge in [0.15, 0.2) is 17.9 Å². The van der Waals surface area contributed by atoms with Gasteiger partial charge in [0.1, 0.15) is 53.8 Å². The number of aromatic hydroxyl groups is 2. The number of hydrogen-bond acceptors (Lipinski definition) is 19. The van der Waals surface area contributed by atoms with E-state index in [1.165, 1.54) is 48.5 Å². The molecule has 0 aromatic heterocycles. The lowest BCUT2D eigenvalue weighted by molar-refractivity contribution is -0.193. The summed E-state index contributed by atoms with van der Waals surface area (Å²) in [6.45, 7) is 5.29. The van der Waals surface area contributed by atoms with Gasteiger partial charge in [0, 0.05) is 52.0 Å². The van der Waals surface area contributed by atoms with Crippen LogP contribution in [0.1, 0.15) is 103 Å². The summed E-state index contributed by atoms with van der Waals surface area (Å²) in [5, 5.41) is 67.4. The zero-order valence-electron chi connectivity index (χ0n) is 57.2. The second kappa shape index (κ2) is 47.6. The number of carboxylic acids is 3. The monoisotopic (exact) mass is 1530 g/mol. The zero-order valence-corrected chi connectivity index (χ0v) is 57.2. The van der Waals surface area contributed by atoms with E-state index in [4.69, 9.17) is 64.1 Å². The quantitative estimate of drug-likeness (QED) is 0.0246. The molecule has 594 valence electrons. The first kappa shape index (κ1) is 94.3. The van der Waals surface area contributed by atoms with Gasteiger partial charge in [-0.1, -0.05) is 45.0 Å². The Balaban J connectivity index is 0.00000454. The van der Waals surface area contributed by atoms with Crippen molar-refractivity contribution in [3.8, 4) is 11.5 Å². The molecule has 7 atom stereocenters. The van der Waals surface area contributed by atoms with Crippen molar-refractivity contribution in [1.82, 2.24) is 53.2 Å². The van der Waals surface area contributed by atoms with Gasteiger partial charge in [0.25, 0.3) is 0 Å². The molecule has 2 aromatic rings. The number of urea groups is 1. The highest BCUT2D eigenvalue weighted by atomic mass is 19.4. The minimum absolute atomic E-state index is 0.00781. The Kier molecular flexibility index (Phi) is 42.3. The third kappa shape index (κ3) is 42.7. The number of primary amides is 1. The number of nitrogens with one attached hydrogen (secondary N) is 10. The standard InChI is InChI=1S/C54H85N19O12.3C2HF3O2/c1-4-42(76)67-41-29-43(77)66-35(10-7-23-62-51(56)57)46(80)72-40(28-32-15-19-34(75)20-16-32)50(84)69-37(12-9-25-64-53(60)73-54(85)65-22-6-5-21-61-45(41)79)48(82)71-39(26-30(2)3)49(83)68-36(11-8-24-63-52(58)59)47(81)70-38(44(55)78)27-31-13-17-33(74)18-14-31;3*3-2(4,5)1(6)7/h13-20,30,35-41,74-75H,4-12,21-29H2,1-3H3,(H2,55,78)(H,61,79)(H,66,77)(H,67,76)(H,68,83)(H,69,84)(H,70,81)(H,71,82)(H,72,80)(H4,56,57,62)(H4,58,59,63)(H4,60,64,65,73,85);3*(H,6,7)/t35-,36-,37-,38-,39-,40-,41+;;;/m0.../s1. The number of phenolic OH excluding ortho intramolecular Hbond substituents is 2. The third-order valence-corrected chi connectivity index (χ3v) is 13.6. The second-order valence-electron chi connectivity index (χ2n) is 23.0. The van der Waals surface area contributed by atoms with Crippen LogP contribution in [0.15, 0.2) is 63.5 Å². The fourth-order valence-electron chi connectivity index (χ4n) is 8.47. The van der Waals surface area contributed by atoms with Gasteiger partial charge in [-0.25, -0.2) is 19.2 Å². The summed E-state index contributed by atoms with van der Waals surface area (Å²) in [7, 11) is 0. The normalized spacial score (nSPS) is 17.5. The largest absolute Gasteiger partial charge is 0.508 e. The van der Waals surface area contributed by atoms with Crippen molar-refractivity contribution in [1.29, 1.82) is 0 Å². The molecule has 106 heavy (non-hydrogen) atoms. The van der Waals surface area contributed by atoms with Gasteiger partial charge in [-0.3, -0.25) is 63.4 Å². The number of alkyl halides is 9. The Labute approximate surface area is 598 Å². The van der Waals surface area contributed by atoms with Crippen molar-refractivity contribution in [2.75, 3.05) is 32.7 Å². The Morgan fingerprint density at radius 2 is 1.08 bits per heavy atom. The number of amides is 11. The van der Waals surface area contributed by atoms with E-state index < -0.39 is 144 Å². The average molecular weight is 1530 g/mol. The van der Waals surface area contributed by atoms with Crippen LogP contribution in [0.3, 0.4) is 0 Å². The van der Waals surface area contributed by atoms with Crippen LogP contribution >= 0.6 is 0 Å². The highest BCUT2D eigenvalue weighted by Gasteiger charge is 2.40. The topological polar surface area (TPSA) is 637 Å². The number of hydrogen-bond donors (Lipinski definition) is 21. The maximum absolute atomic E-state index is 14.8. The fraction of sp³-hybridized carbons (Fsp3) is 0.533. The van der Waals surface area contributed by atoms with Crippen LogP contribution in [0.25, 0.3) is 0 Å². The Hall–Kier alpha value is -11.7. The summed E-state index contributed by atoms with van der Waals surface area (Å²) in [4.78, 5) is 176. The predicted octanol–water partition coefficient (Wildman–Crippen LogP) is -2.08. The molecule has 3 rings (SSSR count). The van der Waals surface area contributed by atoms with Gasteiger partial charge in [0.05, 0.1) is 6.42 Å². The van der Waals surface area contributed by atoms with Crippen LogP contribution < -0.4 is 87.6 Å². The van der Waals surface area contributed by atoms with Crippen molar-refractivity contribution < 1.29 is 127 Å². The van der Waals surface area contributed by atoms with E-state index in [0.29, 0.717) is 24.0 Å². The van der Waals surface area contributed by atoms with Crippen molar-refractivity contribution in [2.45, 2.75) is 165 Å². The molecule has 0 radical (unpaired) electrons. The summed E-state index contributed by atoms with van der Waals surface area (Å²) in [6.07, 6.45) is -15.5. The number of benzene rings is 2. The van der Waals surface area contributed by atoms with Crippen LogP contribution in [0.5, 0.6) is 11.5 Å². The molecule has 2 aromatic carbocycles. The number of nitrogens with zero attached hydrogens (tertiary/aromatic N) is 3. The lowest BCUT2D eigenvalue weighted by Crippen LogP contribution is -2.60. The number of phenols is 2. The lowest BCUT2D eigenvalue weighted by Gasteiger charge is -2.28. The van der Waals surface area contributed by atoms with E-state index in [1.807, 2.05) is 0 Å². The number of halogens is 9. The number of aliphatic imine (C=N–C) groups is 3. The van der Waals surface area contributed by atoms with E-state index >= 15 is 0 Å². The molecular weight excluding hydrogens is 1450 g/mol. The Morgan fingerprint density at radius 1 is 0.613 bits per heavy atom. The maximum Gasteiger partial charge on any atom is 0.490 e. The summed E-state index contributed by atoms with van der Waals surface area (Å²) in [5.41, 5.74) is 34.8. The van der Waals surface area contributed by atoms with Gasteiger partial charge >= 0.3 is 42.5 Å². The van der Waals surface area contributed by atoms with Gasteiger partial charge in [0.2, 0.25) is 53.2 Å². The van der Waals surface area contributed by atoms with Crippen LogP contribution in [0.4, 0.5) is 44.3 Å². The molecular formula is C60H88F9N19O18. The molecule has 1 aliphatic rings. The first-order chi connectivity index (χ1) is 49.2. The molecule has 37 nitrogen and oxygen atoms in total. The van der Waals surface area contributed by atoms with Crippen molar-refractivity contribution in [3.63, 3.8) is 0 Å². The minimum Gasteiger partial charge on any atom is -0.508 e. The molecule has 0 spiro atoms. The Bertz CT molecular complexity index is 3280. The predicted molar refractivity (Wildman–Crippen MR) is 356 cm³/mol. The SMILES string of the molecule is CCC(=O)N[C@@H]1CC(=O)N[C@@H](CCCN=C(N)N)C(=O)N[C@@H](Cc2ccc(O)cc2)C(=O)N[C@H](C(=O)N[C@@H](CC(C)C)C(=O)N[C@@H](CCCN=C(N)N)C(=O)N[C@@H](Cc2ccc(O)cc2)C(N)=O)CCCN=C(N)NC(=O)NCCCCNC1=O.O=C(O)C(F)(F)F.O=C(O)C(F)(F)F.O=C(O)C(F)(F)F. The molecule has 0 fully saturated rings. The van der Waals surface area contributed by atoms with Gasteiger partial charge in [-0.15, -0.1) is 0 Å². The summed E-state index contributed by atoms with van der Waals surface area (Å²) in [5.74, 6) is -16.8. The van der Waals surface area contributed by atoms with E-state index in [1.54, 1.807) is 20.8 Å². The number of carbonyl (C=O) groups excluding carboxylic acids is 10. The van der Waals surface area contributed by atoms with Crippen LogP contribution in [-0.2, 0) is 70.4 Å². The van der Waals surface area contributed by atoms with E-state index in [9.17, 15) is 97.7 Å². The molecule has 0 aliphatic carbocycles. The van der Waals surface area contributed by atoms with Gasteiger partial charge in [-0.2, -0.15) is 39.5 Å². The lowest BCUT2D eigenvalue weighted by atomic mass is 10.00. The molecule has 46 heteroatoms. The van der Waals surface area contributed by atoms with Crippen molar-refractivity contribution in [3.05, 3.63) is 59.7 Å². The Morgan fingerprint density at radius 3 is 1.57 bits per heavy atom. The number of carboxylic acid groups (broad SMARTS) is 3. The highest BCUT2D eigenvalue weighted by molar-refractivity contribution is 5.98. The van der Waals surface area contributed by atoms with E-state index in [-0.39, 0.29) is 132 Å². The van der Waals surface area contributed by atoms with Crippen LogP contribution in [-0.4, -0.2) is 214 Å². The molecule has 1 aliphatic heterocycles. The van der Waals surface area contributed by atoms with Crippen LogP contribution in [0, 0.1) is 5.92 Å². The van der Waals surface area contributed by atoms with Crippen LogP contribution in [0.2, 0.25) is 0 Å². The van der Waals surface area contributed by atoms with Gasteiger partial charge < -0.3 is 108 Å². The fourth-order valence-corrected chi connectivity index (χ4v) is 8.47. The molecule has 11 amide bonds. The number of aliphatic carboxylic acids is 3.